The second kappa shape index (κ2) is 5.33. The van der Waals surface area contributed by atoms with Gasteiger partial charge in [-0.1, -0.05) is 0 Å². The molecule has 1 aliphatic heterocycles. The van der Waals surface area contributed by atoms with Gasteiger partial charge in [0.25, 0.3) is 0 Å². The largest absolute Gasteiger partial charge is 0.341 e. The van der Waals surface area contributed by atoms with Crippen molar-refractivity contribution < 1.29 is 4.79 Å². The van der Waals surface area contributed by atoms with E-state index in [2.05, 4.69) is 10.4 Å². The summed E-state index contributed by atoms with van der Waals surface area (Å²) >= 11 is 0. The van der Waals surface area contributed by atoms with Crippen LogP contribution >= 0.6 is 0 Å². The first-order valence-corrected chi connectivity index (χ1v) is 7.26. The predicted molar refractivity (Wildman–Crippen MR) is 72.7 cm³/mol. The quantitative estimate of drug-likeness (QED) is 0.850. The minimum atomic E-state index is 0.0602. The summed E-state index contributed by atoms with van der Waals surface area (Å²) in [7, 11) is 1.92. The Balaban J connectivity index is 1.52. The van der Waals surface area contributed by atoms with Crippen molar-refractivity contribution in [3.05, 3.63) is 18.0 Å². The molecule has 0 radical (unpaired) electrons. The fourth-order valence-electron chi connectivity index (χ4n) is 2.70. The number of nitrogens with zero attached hydrogens (tertiary/aromatic N) is 3. The molecule has 104 valence electrons. The second-order valence-electron chi connectivity index (χ2n) is 5.69. The van der Waals surface area contributed by atoms with Crippen LogP contribution in [0, 0.1) is 0 Å². The van der Waals surface area contributed by atoms with Gasteiger partial charge in [0.15, 0.2) is 0 Å². The van der Waals surface area contributed by atoms with Crippen LogP contribution in [0.1, 0.15) is 31.4 Å². The first-order chi connectivity index (χ1) is 9.22. The minimum absolute atomic E-state index is 0.0602. The molecule has 1 aromatic heterocycles. The van der Waals surface area contributed by atoms with Gasteiger partial charge in [-0.15, -0.1) is 0 Å². The van der Waals surface area contributed by atoms with Crippen LogP contribution in [0.4, 0.5) is 0 Å². The normalized spacial score (nSPS) is 23.9. The summed E-state index contributed by atoms with van der Waals surface area (Å²) in [6.07, 6.45) is 7.37. The fourth-order valence-corrected chi connectivity index (χ4v) is 2.70. The molecule has 1 saturated heterocycles. The number of carbonyl (C=O) groups is 1. The van der Waals surface area contributed by atoms with Crippen molar-refractivity contribution in [1.29, 1.82) is 0 Å². The molecule has 2 fully saturated rings. The molecule has 1 unspecified atom stereocenters. The number of hydrogen-bond donors (Lipinski definition) is 1. The molecule has 0 bridgehead atoms. The Morgan fingerprint density at radius 2 is 2.26 bits per heavy atom. The van der Waals surface area contributed by atoms with Crippen LogP contribution in [0.15, 0.2) is 12.3 Å². The Hall–Kier alpha value is -1.36. The third-order valence-electron chi connectivity index (χ3n) is 3.95. The van der Waals surface area contributed by atoms with E-state index < -0.39 is 0 Å². The fraction of sp³-hybridized carbons (Fsp3) is 0.714. The SMILES string of the molecule is Cn1ccc(CCN2CCCC(NC3CC3)C2=O)n1. The van der Waals surface area contributed by atoms with Crippen LogP contribution in [0.2, 0.25) is 0 Å². The van der Waals surface area contributed by atoms with Crippen molar-refractivity contribution in [1.82, 2.24) is 20.0 Å². The Morgan fingerprint density at radius 1 is 1.42 bits per heavy atom. The van der Waals surface area contributed by atoms with Gasteiger partial charge in [-0.05, 0) is 31.7 Å². The number of aryl methyl sites for hydroxylation is 1. The molecule has 1 aliphatic carbocycles. The standard InChI is InChI=1S/C14H22N4O/c1-17-9-6-12(16-17)7-10-18-8-2-3-13(14(18)19)15-11-4-5-11/h6,9,11,13,15H,2-5,7-8,10H2,1H3. The van der Waals surface area contributed by atoms with E-state index in [4.69, 9.17) is 0 Å². The maximum absolute atomic E-state index is 12.4. The molecule has 2 heterocycles. The Kier molecular flexibility index (Phi) is 3.55. The Labute approximate surface area is 114 Å². The number of piperidine rings is 1. The lowest BCUT2D eigenvalue weighted by atomic mass is 10.0. The highest BCUT2D eigenvalue weighted by Crippen LogP contribution is 2.22. The molecule has 19 heavy (non-hydrogen) atoms. The summed E-state index contributed by atoms with van der Waals surface area (Å²) in [5, 5.41) is 7.82. The smallest absolute Gasteiger partial charge is 0.239 e. The van der Waals surface area contributed by atoms with Crippen molar-refractivity contribution >= 4 is 5.91 Å². The Morgan fingerprint density at radius 3 is 2.95 bits per heavy atom. The van der Waals surface area contributed by atoms with Crippen molar-refractivity contribution in [3.8, 4) is 0 Å². The summed E-state index contributed by atoms with van der Waals surface area (Å²) < 4.78 is 1.81. The van der Waals surface area contributed by atoms with Crippen LogP contribution in [0.25, 0.3) is 0 Å². The molecule has 5 nitrogen and oxygen atoms in total. The zero-order valence-electron chi connectivity index (χ0n) is 11.5. The van der Waals surface area contributed by atoms with Gasteiger partial charge in [0.2, 0.25) is 5.91 Å². The molecule has 3 rings (SSSR count). The topological polar surface area (TPSA) is 50.2 Å². The van der Waals surface area contributed by atoms with Gasteiger partial charge in [0, 0.05) is 38.8 Å². The third-order valence-corrected chi connectivity index (χ3v) is 3.95. The monoisotopic (exact) mass is 262 g/mol. The molecule has 0 spiro atoms. The summed E-state index contributed by atoms with van der Waals surface area (Å²) in [6.45, 7) is 1.69. The average Bonchev–Trinajstić information content (AvgIpc) is 3.12. The van der Waals surface area contributed by atoms with Crippen LogP contribution in [0.5, 0.6) is 0 Å². The number of likely N-dealkylation sites (tertiary alicyclic amines) is 1. The number of nitrogens with one attached hydrogen (secondary N) is 1. The summed E-state index contributed by atoms with van der Waals surface area (Å²) in [5.74, 6) is 0.286. The summed E-state index contributed by atoms with van der Waals surface area (Å²) in [5.41, 5.74) is 1.06. The van der Waals surface area contributed by atoms with Crippen LogP contribution < -0.4 is 5.32 Å². The van der Waals surface area contributed by atoms with Crippen molar-refractivity contribution in [2.24, 2.45) is 7.05 Å². The maximum atomic E-state index is 12.4. The molecule has 1 saturated carbocycles. The lowest BCUT2D eigenvalue weighted by molar-refractivity contribution is -0.136. The van der Waals surface area contributed by atoms with Gasteiger partial charge >= 0.3 is 0 Å². The average molecular weight is 262 g/mol. The van der Waals surface area contributed by atoms with Crippen LogP contribution in [0.3, 0.4) is 0 Å². The van der Waals surface area contributed by atoms with Crippen molar-refractivity contribution in [3.63, 3.8) is 0 Å². The van der Waals surface area contributed by atoms with E-state index in [0.717, 1.165) is 38.0 Å². The van der Waals surface area contributed by atoms with E-state index in [0.29, 0.717) is 6.04 Å². The number of rotatable bonds is 5. The molecular weight excluding hydrogens is 240 g/mol. The third kappa shape index (κ3) is 3.15. The van der Waals surface area contributed by atoms with Gasteiger partial charge in [-0.25, -0.2) is 0 Å². The van der Waals surface area contributed by atoms with Gasteiger partial charge in [-0.2, -0.15) is 5.10 Å². The highest BCUT2D eigenvalue weighted by Gasteiger charge is 2.33. The van der Waals surface area contributed by atoms with Crippen molar-refractivity contribution in [2.45, 2.75) is 44.2 Å². The lowest BCUT2D eigenvalue weighted by Crippen LogP contribution is -2.51. The van der Waals surface area contributed by atoms with E-state index in [1.165, 1.54) is 12.8 Å². The van der Waals surface area contributed by atoms with Crippen LogP contribution in [-0.4, -0.2) is 45.8 Å². The highest BCUT2D eigenvalue weighted by atomic mass is 16.2. The van der Waals surface area contributed by atoms with E-state index in [1.807, 2.05) is 28.9 Å². The molecule has 0 aromatic carbocycles. The Bertz CT molecular complexity index is 452. The zero-order valence-corrected chi connectivity index (χ0v) is 11.5. The molecule has 1 N–H and O–H groups in total. The van der Waals surface area contributed by atoms with Gasteiger partial charge in [-0.3, -0.25) is 9.48 Å². The number of amides is 1. The minimum Gasteiger partial charge on any atom is -0.341 e. The molecule has 5 heteroatoms. The predicted octanol–water partition coefficient (Wildman–Crippen LogP) is 0.706. The van der Waals surface area contributed by atoms with Gasteiger partial charge in [0.05, 0.1) is 11.7 Å². The van der Waals surface area contributed by atoms with Crippen molar-refractivity contribution in [2.75, 3.05) is 13.1 Å². The first kappa shape index (κ1) is 12.7. The van der Waals surface area contributed by atoms with Gasteiger partial charge < -0.3 is 10.2 Å². The lowest BCUT2D eigenvalue weighted by Gasteiger charge is -2.32. The van der Waals surface area contributed by atoms with E-state index in [1.54, 1.807) is 0 Å². The zero-order chi connectivity index (χ0) is 13.2. The van der Waals surface area contributed by atoms with E-state index in [9.17, 15) is 4.79 Å². The molecule has 1 atom stereocenters. The molecule has 1 amide bonds. The molecular formula is C14H22N4O. The summed E-state index contributed by atoms with van der Waals surface area (Å²) in [6, 6.07) is 2.68. The number of hydrogen-bond acceptors (Lipinski definition) is 3. The number of aromatic nitrogens is 2. The molecule has 1 aromatic rings. The molecule has 2 aliphatic rings. The maximum Gasteiger partial charge on any atom is 0.239 e. The highest BCUT2D eigenvalue weighted by molar-refractivity contribution is 5.82. The number of carbonyl (C=O) groups excluding carboxylic acids is 1. The van der Waals surface area contributed by atoms with E-state index in [-0.39, 0.29) is 11.9 Å². The summed E-state index contributed by atoms with van der Waals surface area (Å²) in [4.78, 5) is 14.4. The first-order valence-electron chi connectivity index (χ1n) is 7.26. The second-order valence-corrected chi connectivity index (χ2v) is 5.69. The van der Waals surface area contributed by atoms with Crippen LogP contribution in [-0.2, 0) is 18.3 Å². The van der Waals surface area contributed by atoms with E-state index >= 15 is 0 Å². The van der Waals surface area contributed by atoms with Gasteiger partial charge in [0.1, 0.15) is 0 Å².